The zero-order valence-corrected chi connectivity index (χ0v) is 8.48. The Hall–Kier alpha value is -1.09. The quantitative estimate of drug-likeness (QED) is 0.786. The maximum Gasteiger partial charge on any atom is 0.0717 e. The van der Waals surface area contributed by atoms with E-state index >= 15 is 0 Å². The first kappa shape index (κ1) is 9.46. The number of anilines is 1. The van der Waals surface area contributed by atoms with Crippen molar-refractivity contribution >= 4 is 5.69 Å². The molecule has 0 aromatic carbocycles. The third kappa shape index (κ3) is 1.73. The van der Waals surface area contributed by atoms with Crippen molar-refractivity contribution in [1.29, 1.82) is 0 Å². The van der Waals surface area contributed by atoms with Gasteiger partial charge in [0.15, 0.2) is 0 Å². The van der Waals surface area contributed by atoms with Crippen LogP contribution < -0.4 is 4.90 Å². The van der Waals surface area contributed by atoms with Crippen molar-refractivity contribution in [3.8, 4) is 0 Å². The highest BCUT2D eigenvalue weighted by Gasteiger charge is 2.29. The normalized spacial score (nSPS) is 15.6. The van der Waals surface area contributed by atoms with Gasteiger partial charge in [-0.25, -0.2) is 0 Å². The number of aromatic nitrogens is 1. The third-order valence-corrected chi connectivity index (χ3v) is 2.69. The highest BCUT2D eigenvalue weighted by atomic mass is 16.3. The first-order chi connectivity index (χ1) is 6.86. The number of rotatable bonds is 4. The predicted octanol–water partition coefficient (Wildman–Crippen LogP) is 1.56. The molecule has 0 unspecified atom stereocenters. The van der Waals surface area contributed by atoms with E-state index in [0.717, 1.165) is 17.8 Å². The van der Waals surface area contributed by atoms with Gasteiger partial charge >= 0.3 is 0 Å². The molecule has 0 amide bonds. The predicted molar refractivity (Wildman–Crippen MR) is 56.2 cm³/mol. The van der Waals surface area contributed by atoms with Crippen LogP contribution in [0.25, 0.3) is 0 Å². The van der Waals surface area contributed by atoms with Crippen LogP contribution in [-0.2, 0) is 6.61 Å². The van der Waals surface area contributed by atoms with Gasteiger partial charge < -0.3 is 10.0 Å². The summed E-state index contributed by atoms with van der Waals surface area (Å²) in [5.74, 6) is 0. The minimum Gasteiger partial charge on any atom is -0.392 e. The average molecular weight is 192 g/mol. The molecule has 1 saturated carbocycles. The molecule has 14 heavy (non-hydrogen) atoms. The summed E-state index contributed by atoms with van der Waals surface area (Å²) in [5, 5.41) is 9.20. The van der Waals surface area contributed by atoms with Crippen LogP contribution in [0.3, 0.4) is 0 Å². The number of aliphatic hydroxyl groups is 1. The summed E-state index contributed by atoms with van der Waals surface area (Å²) in [6.45, 7) is 3.23. The lowest BCUT2D eigenvalue weighted by molar-refractivity contribution is 0.281. The molecule has 1 heterocycles. The maximum atomic E-state index is 9.20. The molecule has 1 aromatic rings. The third-order valence-electron chi connectivity index (χ3n) is 2.69. The Morgan fingerprint density at radius 2 is 2.36 bits per heavy atom. The molecule has 3 heteroatoms. The zero-order chi connectivity index (χ0) is 9.97. The molecular weight excluding hydrogens is 176 g/mol. The van der Waals surface area contributed by atoms with Gasteiger partial charge in [-0.2, -0.15) is 0 Å². The molecule has 1 aliphatic rings. The second-order valence-corrected chi connectivity index (χ2v) is 3.68. The van der Waals surface area contributed by atoms with Crippen molar-refractivity contribution in [3.63, 3.8) is 0 Å². The van der Waals surface area contributed by atoms with Gasteiger partial charge in [-0.15, -0.1) is 0 Å². The van der Waals surface area contributed by atoms with E-state index in [1.165, 1.54) is 12.8 Å². The number of aliphatic hydroxyl groups excluding tert-OH is 1. The Morgan fingerprint density at radius 1 is 1.57 bits per heavy atom. The lowest BCUT2D eigenvalue weighted by Crippen LogP contribution is -2.26. The van der Waals surface area contributed by atoms with Gasteiger partial charge in [0.2, 0.25) is 0 Å². The van der Waals surface area contributed by atoms with Crippen LogP contribution in [0.5, 0.6) is 0 Å². The molecule has 1 aromatic heterocycles. The van der Waals surface area contributed by atoms with E-state index in [4.69, 9.17) is 0 Å². The minimum atomic E-state index is 0.0758. The number of nitrogens with zero attached hydrogens (tertiary/aromatic N) is 2. The van der Waals surface area contributed by atoms with Gasteiger partial charge in [-0.05, 0) is 25.8 Å². The average Bonchev–Trinajstić information content (AvgIpc) is 3.04. The molecule has 0 aliphatic heterocycles. The van der Waals surface area contributed by atoms with Crippen LogP contribution in [0.2, 0.25) is 0 Å². The maximum absolute atomic E-state index is 9.20. The topological polar surface area (TPSA) is 36.4 Å². The van der Waals surface area contributed by atoms with Crippen molar-refractivity contribution in [2.75, 3.05) is 11.4 Å². The standard InChI is InChI=1S/C11H16N2O/c1-2-13(10-3-4-10)11-5-6-12-7-9(11)8-14/h5-7,10,14H,2-4,8H2,1H3. The molecule has 2 rings (SSSR count). The Bertz CT molecular complexity index is 310. The second-order valence-electron chi connectivity index (χ2n) is 3.68. The highest BCUT2D eigenvalue weighted by molar-refractivity contribution is 5.53. The van der Waals surface area contributed by atoms with E-state index in [1.54, 1.807) is 12.4 Å². The van der Waals surface area contributed by atoms with E-state index in [1.807, 2.05) is 6.07 Å². The zero-order valence-electron chi connectivity index (χ0n) is 8.48. The van der Waals surface area contributed by atoms with E-state index < -0.39 is 0 Å². The van der Waals surface area contributed by atoms with Gasteiger partial charge in [0.25, 0.3) is 0 Å². The molecule has 1 aliphatic carbocycles. The van der Waals surface area contributed by atoms with Crippen molar-refractivity contribution in [1.82, 2.24) is 4.98 Å². The van der Waals surface area contributed by atoms with E-state index in [0.29, 0.717) is 6.04 Å². The number of pyridine rings is 1. The largest absolute Gasteiger partial charge is 0.392 e. The Labute approximate surface area is 84.4 Å². The molecule has 1 N–H and O–H groups in total. The number of hydrogen-bond donors (Lipinski definition) is 1. The Morgan fingerprint density at radius 3 is 2.93 bits per heavy atom. The van der Waals surface area contributed by atoms with Crippen LogP contribution >= 0.6 is 0 Å². The lowest BCUT2D eigenvalue weighted by atomic mass is 10.2. The van der Waals surface area contributed by atoms with Crippen LogP contribution in [0.4, 0.5) is 5.69 Å². The van der Waals surface area contributed by atoms with Crippen LogP contribution in [0, 0.1) is 0 Å². The molecule has 1 fully saturated rings. The van der Waals surface area contributed by atoms with Crippen LogP contribution in [0.1, 0.15) is 25.3 Å². The molecule has 0 bridgehead atoms. The monoisotopic (exact) mass is 192 g/mol. The van der Waals surface area contributed by atoms with Gasteiger partial charge in [0.1, 0.15) is 0 Å². The fourth-order valence-electron chi connectivity index (χ4n) is 1.83. The first-order valence-electron chi connectivity index (χ1n) is 5.17. The molecule has 0 atom stereocenters. The Kier molecular flexibility index (Phi) is 2.68. The van der Waals surface area contributed by atoms with Crippen molar-refractivity contribution in [3.05, 3.63) is 24.0 Å². The van der Waals surface area contributed by atoms with Gasteiger partial charge in [0, 0.05) is 36.2 Å². The molecule has 0 radical (unpaired) electrons. The minimum absolute atomic E-state index is 0.0758. The SMILES string of the molecule is CCN(c1ccncc1CO)C1CC1. The van der Waals surface area contributed by atoms with E-state index in [-0.39, 0.29) is 6.61 Å². The summed E-state index contributed by atoms with van der Waals surface area (Å²) in [6, 6.07) is 2.68. The summed E-state index contributed by atoms with van der Waals surface area (Å²) in [4.78, 5) is 6.38. The number of hydrogen-bond acceptors (Lipinski definition) is 3. The van der Waals surface area contributed by atoms with Crippen LogP contribution in [0.15, 0.2) is 18.5 Å². The van der Waals surface area contributed by atoms with Crippen molar-refractivity contribution < 1.29 is 5.11 Å². The van der Waals surface area contributed by atoms with Crippen molar-refractivity contribution in [2.45, 2.75) is 32.4 Å². The van der Waals surface area contributed by atoms with Crippen LogP contribution in [-0.4, -0.2) is 22.7 Å². The Balaban J connectivity index is 2.27. The molecular formula is C11H16N2O. The molecule has 0 saturated heterocycles. The summed E-state index contributed by atoms with van der Waals surface area (Å²) in [7, 11) is 0. The summed E-state index contributed by atoms with van der Waals surface area (Å²) in [5.41, 5.74) is 2.08. The van der Waals surface area contributed by atoms with Gasteiger partial charge in [0.05, 0.1) is 6.61 Å². The lowest BCUT2D eigenvalue weighted by Gasteiger charge is -2.24. The summed E-state index contributed by atoms with van der Waals surface area (Å²) >= 11 is 0. The van der Waals surface area contributed by atoms with E-state index in [2.05, 4.69) is 16.8 Å². The summed E-state index contributed by atoms with van der Waals surface area (Å²) < 4.78 is 0. The fraction of sp³-hybridized carbons (Fsp3) is 0.545. The van der Waals surface area contributed by atoms with Crippen molar-refractivity contribution in [2.24, 2.45) is 0 Å². The summed E-state index contributed by atoms with van der Waals surface area (Å²) in [6.07, 6.45) is 6.10. The van der Waals surface area contributed by atoms with Gasteiger partial charge in [-0.3, -0.25) is 4.98 Å². The fourth-order valence-corrected chi connectivity index (χ4v) is 1.83. The molecule has 76 valence electrons. The van der Waals surface area contributed by atoms with Gasteiger partial charge in [-0.1, -0.05) is 0 Å². The molecule has 0 spiro atoms. The highest BCUT2D eigenvalue weighted by Crippen LogP contribution is 2.32. The second kappa shape index (κ2) is 3.96. The van der Waals surface area contributed by atoms with E-state index in [9.17, 15) is 5.11 Å². The molecule has 3 nitrogen and oxygen atoms in total. The smallest absolute Gasteiger partial charge is 0.0717 e. The first-order valence-corrected chi connectivity index (χ1v) is 5.17.